The van der Waals surface area contributed by atoms with Crippen LogP contribution >= 0.6 is 0 Å². The molecule has 2 rings (SSSR count). The largest absolute Gasteiger partial charge is 0.504 e. The number of carboxylic acids is 2. The van der Waals surface area contributed by atoms with E-state index in [1.807, 2.05) is 0 Å². The second-order valence-corrected chi connectivity index (χ2v) is 5.40. The van der Waals surface area contributed by atoms with Gasteiger partial charge in [-0.25, -0.2) is 9.59 Å². The first-order valence-electron chi connectivity index (χ1n) is 7.56. The molecule has 0 amide bonds. The van der Waals surface area contributed by atoms with E-state index < -0.39 is 11.9 Å². The van der Waals surface area contributed by atoms with Crippen LogP contribution in [0.15, 0.2) is 24.3 Å². The van der Waals surface area contributed by atoms with Gasteiger partial charge in [-0.1, -0.05) is 0 Å². The van der Waals surface area contributed by atoms with Gasteiger partial charge in [0.15, 0.2) is 23.0 Å². The Kier molecular flexibility index (Phi) is 5.56. The fourth-order valence-electron chi connectivity index (χ4n) is 2.83. The number of ether oxygens (including phenoxy) is 2. The summed E-state index contributed by atoms with van der Waals surface area (Å²) in [5.74, 6) is -2.87. The van der Waals surface area contributed by atoms with Crippen molar-refractivity contribution in [3.05, 3.63) is 46.5 Å². The second-order valence-electron chi connectivity index (χ2n) is 5.40. The summed E-state index contributed by atoms with van der Waals surface area (Å²) < 4.78 is 10.2. The molecule has 0 fully saturated rings. The van der Waals surface area contributed by atoms with E-state index in [1.54, 1.807) is 0 Å². The Balaban J connectivity index is 2.53. The Morgan fingerprint density at radius 2 is 1.12 bits per heavy atom. The van der Waals surface area contributed by atoms with Crippen LogP contribution in [-0.2, 0) is 12.8 Å². The zero-order chi connectivity index (χ0) is 19.4. The number of benzene rings is 2. The zero-order valence-electron chi connectivity index (χ0n) is 14.1. The van der Waals surface area contributed by atoms with Crippen molar-refractivity contribution in [3.63, 3.8) is 0 Å². The number of hydrogen-bond acceptors (Lipinski definition) is 6. The highest BCUT2D eigenvalue weighted by Crippen LogP contribution is 2.37. The molecular weight excluding hydrogens is 344 g/mol. The summed E-state index contributed by atoms with van der Waals surface area (Å²) in [6.45, 7) is 0. The zero-order valence-corrected chi connectivity index (χ0v) is 14.1. The number of carboxylic acid groups (broad SMARTS) is 2. The highest BCUT2D eigenvalue weighted by Gasteiger charge is 2.22. The van der Waals surface area contributed by atoms with Gasteiger partial charge in [0.05, 0.1) is 25.3 Å². The highest BCUT2D eigenvalue weighted by atomic mass is 16.5. The summed E-state index contributed by atoms with van der Waals surface area (Å²) in [4.78, 5) is 22.9. The summed E-state index contributed by atoms with van der Waals surface area (Å²) in [6, 6.07) is 4.91. The van der Waals surface area contributed by atoms with Crippen molar-refractivity contribution in [1.82, 2.24) is 0 Å². The number of phenols is 2. The molecule has 8 nitrogen and oxygen atoms in total. The van der Waals surface area contributed by atoms with Gasteiger partial charge in [-0.2, -0.15) is 0 Å². The average molecular weight is 362 g/mol. The monoisotopic (exact) mass is 362 g/mol. The van der Waals surface area contributed by atoms with Crippen molar-refractivity contribution in [2.45, 2.75) is 12.8 Å². The summed E-state index contributed by atoms with van der Waals surface area (Å²) in [7, 11) is 2.59. The minimum atomic E-state index is -1.21. The van der Waals surface area contributed by atoms with E-state index in [0.717, 1.165) is 0 Å². The molecule has 4 N–H and O–H groups in total. The molecule has 0 saturated carbocycles. The first-order chi connectivity index (χ1) is 12.3. The molecule has 0 aliphatic rings. The lowest BCUT2D eigenvalue weighted by Gasteiger charge is -2.16. The Bertz CT molecular complexity index is 785. The van der Waals surface area contributed by atoms with Crippen LogP contribution in [0.4, 0.5) is 0 Å². The van der Waals surface area contributed by atoms with Gasteiger partial charge in [-0.05, 0) is 37.1 Å². The van der Waals surface area contributed by atoms with Crippen LogP contribution in [0.2, 0.25) is 0 Å². The summed E-state index contributed by atoms with van der Waals surface area (Å²) >= 11 is 0. The molecular formula is C18H18O8. The number of carbonyl (C=O) groups is 2. The van der Waals surface area contributed by atoms with E-state index in [1.165, 1.54) is 38.5 Å². The smallest absolute Gasteiger partial charge is 0.336 e. The number of phenolic OH excluding ortho intramolecular Hbond substituents is 2. The van der Waals surface area contributed by atoms with Gasteiger partial charge in [0, 0.05) is 11.1 Å². The summed E-state index contributed by atoms with van der Waals surface area (Å²) in [5, 5.41) is 38.5. The third kappa shape index (κ3) is 3.49. The third-order valence-corrected chi connectivity index (χ3v) is 3.97. The van der Waals surface area contributed by atoms with Crippen LogP contribution < -0.4 is 9.47 Å². The number of aromatic carboxylic acids is 2. The quantitative estimate of drug-likeness (QED) is 0.589. The molecule has 0 aliphatic carbocycles. The van der Waals surface area contributed by atoms with Gasteiger partial charge < -0.3 is 29.9 Å². The Hall–Kier alpha value is -3.42. The maximum atomic E-state index is 11.5. The average Bonchev–Trinajstić information content (AvgIpc) is 2.59. The maximum absolute atomic E-state index is 11.5. The molecule has 0 spiro atoms. The highest BCUT2D eigenvalue weighted by molar-refractivity contribution is 5.92. The van der Waals surface area contributed by atoms with Crippen LogP contribution in [0.1, 0.15) is 31.8 Å². The van der Waals surface area contributed by atoms with Crippen molar-refractivity contribution < 1.29 is 39.5 Å². The van der Waals surface area contributed by atoms with Gasteiger partial charge in [0.1, 0.15) is 0 Å². The van der Waals surface area contributed by atoms with Gasteiger partial charge in [0.25, 0.3) is 0 Å². The molecule has 26 heavy (non-hydrogen) atoms. The number of aromatic hydroxyl groups is 2. The van der Waals surface area contributed by atoms with Crippen molar-refractivity contribution >= 4 is 11.9 Å². The van der Waals surface area contributed by atoms with Crippen molar-refractivity contribution in [3.8, 4) is 23.0 Å². The van der Waals surface area contributed by atoms with Gasteiger partial charge in [0.2, 0.25) is 0 Å². The molecule has 0 heterocycles. The van der Waals surface area contributed by atoms with Crippen LogP contribution in [0, 0.1) is 0 Å². The van der Waals surface area contributed by atoms with Crippen LogP contribution in [0.25, 0.3) is 0 Å². The number of hydrogen-bond donors (Lipinski definition) is 4. The third-order valence-electron chi connectivity index (χ3n) is 3.97. The van der Waals surface area contributed by atoms with Crippen LogP contribution in [0.3, 0.4) is 0 Å². The standard InChI is InChI=1S/C18H18O8/c1-25-15-9(11(17(21)22)5-7-13(15)19)3-4-10-12(18(23)24)6-8-14(20)16(10)26-2/h5-8,19-20H,3-4H2,1-2H3,(H,21,22)(H,23,24). The van der Waals surface area contributed by atoms with E-state index in [2.05, 4.69) is 0 Å². The van der Waals surface area contributed by atoms with Crippen LogP contribution in [0.5, 0.6) is 23.0 Å². The normalized spacial score (nSPS) is 10.4. The fourth-order valence-corrected chi connectivity index (χ4v) is 2.83. The van der Waals surface area contributed by atoms with E-state index in [0.29, 0.717) is 0 Å². The summed E-state index contributed by atoms with van der Waals surface area (Å²) in [6.07, 6.45) is 0.0819. The molecule has 2 aromatic carbocycles. The maximum Gasteiger partial charge on any atom is 0.336 e. The second kappa shape index (κ2) is 7.64. The van der Waals surface area contributed by atoms with E-state index in [-0.39, 0.29) is 58.1 Å². The van der Waals surface area contributed by atoms with E-state index in [9.17, 15) is 30.0 Å². The molecule has 0 radical (unpaired) electrons. The minimum Gasteiger partial charge on any atom is -0.504 e. The minimum absolute atomic E-state index is 0.000829. The topological polar surface area (TPSA) is 134 Å². The molecule has 0 bridgehead atoms. The first kappa shape index (κ1) is 18.9. The molecule has 138 valence electrons. The number of methoxy groups -OCH3 is 2. The van der Waals surface area contributed by atoms with E-state index in [4.69, 9.17) is 9.47 Å². The van der Waals surface area contributed by atoms with Crippen molar-refractivity contribution in [1.29, 1.82) is 0 Å². The Morgan fingerprint density at radius 3 is 1.38 bits per heavy atom. The SMILES string of the molecule is COc1c(O)ccc(C(=O)O)c1CCc1c(C(=O)O)ccc(O)c1OC. The lowest BCUT2D eigenvalue weighted by molar-refractivity contribution is 0.0683. The number of rotatable bonds is 7. The Labute approximate surface area is 148 Å². The molecule has 2 aromatic rings. The summed E-state index contributed by atoms with van der Waals surface area (Å²) in [5.41, 5.74) is 0.273. The molecule has 0 saturated heterocycles. The van der Waals surface area contributed by atoms with Crippen molar-refractivity contribution in [2.75, 3.05) is 14.2 Å². The van der Waals surface area contributed by atoms with Gasteiger partial charge in [-0.3, -0.25) is 0 Å². The molecule has 0 aliphatic heterocycles. The molecule has 0 unspecified atom stereocenters. The lowest BCUT2D eigenvalue weighted by Crippen LogP contribution is -2.09. The fraction of sp³-hybridized carbons (Fsp3) is 0.222. The van der Waals surface area contributed by atoms with Gasteiger partial charge >= 0.3 is 11.9 Å². The Morgan fingerprint density at radius 1 is 0.769 bits per heavy atom. The molecule has 0 aromatic heterocycles. The van der Waals surface area contributed by atoms with E-state index >= 15 is 0 Å². The predicted octanol–water partition coefficient (Wildman–Crippen LogP) is 2.30. The molecule has 0 atom stereocenters. The lowest BCUT2D eigenvalue weighted by atomic mass is 9.95. The first-order valence-corrected chi connectivity index (χ1v) is 7.56. The van der Waals surface area contributed by atoms with Crippen LogP contribution in [-0.4, -0.2) is 46.6 Å². The molecule has 8 heteroatoms. The van der Waals surface area contributed by atoms with Gasteiger partial charge in [-0.15, -0.1) is 0 Å². The predicted molar refractivity (Wildman–Crippen MR) is 90.6 cm³/mol. The van der Waals surface area contributed by atoms with Crippen molar-refractivity contribution in [2.24, 2.45) is 0 Å².